The lowest BCUT2D eigenvalue weighted by Gasteiger charge is -2.56. The van der Waals surface area contributed by atoms with Gasteiger partial charge in [0, 0.05) is 24.7 Å². The second-order valence-electron chi connectivity index (χ2n) is 11.4. The molecule has 1 aromatic carbocycles. The Balaban J connectivity index is 1.19. The summed E-state index contributed by atoms with van der Waals surface area (Å²) in [5.41, 5.74) is 1.54. The van der Waals surface area contributed by atoms with Crippen molar-refractivity contribution in [2.24, 2.45) is 29.1 Å². The van der Waals surface area contributed by atoms with Crippen molar-refractivity contribution in [1.29, 1.82) is 0 Å². The number of rotatable bonds is 6. The van der Waals surface area contributed by atoms with Crippen molar-refractivity contribution in [3.05, 3.63) is 29.8 Å². The monoisotopic (exact) mass is 451 g/mol. The molecule has 1 aliphatic heterocycles. The fraction of sp³-hybridized carbons (Fsp3) is 0.667. The van der Waals surface area contributed by atoms with Gasteiger partial charge in [-0.25, -0.2) is 0 Å². The van der Waals surface area contributed by atoms with Crippen LogP contribution >= 0.6 is 0 Å². The van der Waals surface area contributed by atoms with Gasteiger partial charge >= 0.3 is 0 Å². The zero-order chi connectivity index (χ0) is 23.2. The Morgan fingerprint density at radius 1 is 1.00 bits per heavy atom. The molecule has 4 bridgehead atoms. The summed E-state index contributed by atoms with van der Waals surface area (Å²) < 4.78 is 0. The van der Waals surface area contributed by atoms with Gasteiger partial charge in [-0.05, 0) is 86.8 Å². The van der Waals surface area contributed by atoms with E-state index in [0.717, 1.165) is 61.1 Å². The number of nitrogens with zero attached hydrogens (tertiary/aromatic N) is 1. The molecular weight excluding hydrogens is 414 g/mol. The van der Waals surface area contributed by atoms with Crippen LogP contribution in [-0.2, 0) is 20.9 Å². The first-order valence-electron chi connectivity index (χ1n) is 12.8. The molecule has 1 saturated heterocycles. The van der Waals surface area contributed by atoms with Crippen molar-refractivity contribution in [2.45, 2.75) is 77.8 Å². The minimum absolute atomic E-state index is 0.0129. The first kappa shape index (κ1) is 22.4. The molecule has 1 aromatic rings. The Kier molecular flexibility index (Phi) is 5.96. The van der Waals surface area contributed by atoms with Crippen LogP contribution in [0.25, 0.3) is 0 Å². The summed E-state index contributed by atoms with van der Waals surface area (Å²) in [6, 6.07) is 7.22. The van der Waals surface area contributed by atoms with Crippen molar-refractivity contribution in [2.75, 3.05) is 11.9 Å². The quantitative estimate of drug-likeness (QED) is 0.683. The number of likely N-dealkylation sites (tertiary alicyclic amines) is 1. The van der Waals surface area contributed by atoms with Gasteiger partial charge in [0.05, 0.1) is 5.41 Å². The van der Waals surface area contributed by atoms with E-state index in [9.17, 15) is 14.4 Å². The van der Waals surface area contributed by atoms with Crippen LogP contribution in [0.4, 0.5) is 5.69 Å². The molecule has 6 heteroatoms. The summed E-state index contributed by atoms with van der Waals surface area (Å²) in [4.78, 5) is 40.6. The lowest BCUT2D eigenvalue weighted by molar-refractivity contribution is -0.160. The van der Waals surface area contributed by atoms with Gasteiger partial charge in [-0.1, -0.05) is 26.0 Å². The molecule has 6 nitrogen and oxygen atoms in total. The topological polar surface area (TPSA) is 78.5 Å². The Bertz CT molecular complexity index is 888. The van der Waals surface area contributed by atoms with Gasteiger partial charge in [-0.3, -0.25) is 14.4 Å². The highest BCUT2D eigenvalue weighted by Crippen LogP contribution is 2.60. The van der Waals surface area contributed by atoms with E-state index in [-0.39, 0.29) is 35.1 Å². The van der Waals surface area contributed by atoms with E-state index in [2.05, 4.69) is 10.6 Å². The maximum absolute atomic E-state index is 13.8. The molecule has 3 amide bonds. The molecule has 1 atom stereocenters. The minimum Gasteiger partial charge on any atom is -0.350 e. The van der Waals surface area contributed by atoms with Crippen molar-refractivity contribution >= 4 is 23.4 Å². The predicted octanol–water partition coefficient (Wildman–Crippen LogP) is 4.10. The maximum atomic E-state index is 13.8. The van der Waals surface area contributed by atoms with Crippen molar-refractivity contribution in [3.63, 3.8) is 0 Å². The van der Waals surface area contributed by atoms with E-state index >= 15 is 0 Å². The highest BCUT2D eigenvalue weighted by molar-refractivity contribution is 5.92. The molecular formula is C27H37N3O3. The Hall–Kier alpha value is -2.37. The Labute approximate surface area is 196 Å². The number of carbonyl (C=O) groups excluding carboxylic acids is 3. The SMILES string of the molecule is CC(C)C(=O)Nc1ccc(CNC(=O)C2CCCN2C(=O)C23CC4CC(CC(C4)C2)C3)cc1. The van der Waals surface area contributed by atoms with Gasteiger partial charge in [-0.2, -0.15) is 0 Å². The normalized spacial score (nSPS) is 32.3. The zero-order valence-corrected chi connectivity index (χ0v) is 19.9. The van der Waals surface area contributed by atoms with E-state index < -0.39 is 0 Å². The van der Waals surface area contributed by atoms with Crippen molar-refractivity contribution in [3.8, 4) is 0 Å². The van der Waals surface area contributed by atoms with Crippen molar-refractivity contribution in [1.82, 2.24) is 10.2 Å². The fourth-order valence-electron chi connectivity index (χ4n) is 7.26. The molecule has 6 rings (SSSR count). The van der Waals surface area contributed by atoms with Crippen LogP contribution in [0.3, 0.4) is 0 Å². The third-order valence-electron chi connectivity index (χ3n) is 8.52. The zero-order valence-electron chi connectivity index (χ0n) is 19.9. The first-order chi connectivity index (χ1) is 15.8. The number of amides is 3. The molecule has 5 aliphatic rings. The highest BCUT2D eigenvalue weighted by Gasteiger charge is 2.56. The minimum atomic E-state index is -0.338. The average Bonchev–Trinajstić information content (AvgIpc) is 3.27. The Morgan fingerprint density at radius 2 is 1.61 bits per heavy atom. The smallest absolute Gasteiger partial charge is 0.243 e. The van der Waals surface area contributed by atoms with E-state index in [4.69, 9.17) is 0 Å². The van der Waals surface area contributed by atoms with Gasteiger partial charge in [-0.15, -0.1) is 0 Å². The summed E-state index contributed by atoms with van der Waals surface area (Å²) in [6.07, 6.45) is 8.74. The standard InChI is InChI=1S/C27H37N3O3/c1-17(2)24(31)29-22-7-5-18(6-8-22)16-28-25(32)23-4-3-9-30(23)26(33)27-13-19-10-20(14-27)12-21(11-19)15-27/h5-8,17,19-21,23H,3-4,9-16H2,1-2H3,(H,28,32)(H,29,31). The lowest BCUT2D eigenvalue weighted by atomic mass is 9.49. The number of anilines is 1. The van der Waals surface area contributed by atoms with E-state index in [1.807, 2.05) is 43.0 Å². The summed E-state index contributed by atoms with van der Waals surface area (Å²) in [7, 11) is 0. The molecule has 1 heterocycles. The van der Waals surface area contributed by atoms with Crippen LogP contribution in [-0.4, -0.2) is 35.2 Å². The molecule has 178 valence electrons. The molecule has 4 saturated carbocycles. The summed E-state index contributed by atoms with van der Waals surface area (Å²) in [5.74, 6) is 2.32. The third kappa shape index (κ3) is 4.41. The predicted molar refractivity (Wildman–Crippen MR) is 127 cm³/mol. The molecule has 0 aromatic heterocycles. The van der Waals surface area contributed by atoms with E-state index in [1.165, 1.54) is 19.3 Å². The van der Waals surface area contributed by atoms with Crippen LogP contribution in [0.2, 0.25) is 0 Å². The largest absolute Gasteiger partial charge is 0.350 e. The number of hydrogen-bond acceptors (Lipinski definition) is 3. The van der Waals surface area contributed by atoms with Crippen LogP contribution in [0, 0.1) is 29.1 Å². The van der Waals surface area contributed by atoms with E-state index in [1.54, 1.807) is 0 Å². The van der Waals surface area contributed by atoms with Gasteiger partial charge < -0.3 is 15.5 Å². The average molecular weight is 452 g/mol. The molecule has 1 unspecified atom stereocenters. The van der Waals surface area contributed by atoms with Gasteiger partial charge in [0.25, 0.3) is 0 Å². The first-order valence-corrected chi connectivity index (χ1v) is 12.8. The highest BCUT2D eigenvalue weighted by atomic mass is 16.2. The Morgan fingerprint density at radius 3 is 2.18 bits per heavy atom. The molecule has 5 fully saturated rings. The van der Waals surface area contributed by atoms with Crippen LogP contribution in [0.15, 0.2) is 24.3 Å². The molecule has 2 N–H and O–H groups in total. The van der Waals surface area contributed by atoms with Gasteiger partial charge in [0.15, 0.2) is 0 Å². The number of hydrogen-bond donors (Lipinski definition) is 2. The molecule has 4 aliphatic carbocycles. The maximum Gasteiger partial charge on any atom is 0.243 e. The van der Waals surface area contributed by atoms with E-state index in [0.29, 0.717) is 13.1 Å². The third-order valence-corrected chi connectivity index (χ3v) is 8.52. The van der Waals surface area contributed by atoms with Crippen LogP contribution in [0.5, 0.6) is 0 Å². The number of benzene rings is 1. The number of nitrogens with one attached hydrogen (secondary N) is 2. The summed E-state index contributed by atoms with van der Waals surface area (Å²) in [6.45, 7) is 4.86. The molecule has 0 radical (unpaired) electrons. The molecule has 0 spiro atoms. The fourth-order valence-corrected chi connectivity index (χ4v) is 7.26. The second kappa shape index (κ2) is 8.77. The van der Waals surface area contributed by atoms with Crippen LogP contribution in [0.1, 0.15) is 70.8 Å². The van der Waals surface area contributed by atoms with Crippen molar-refractivity contribution < 1.29 is 14.4 Å². The summed E-state index contributed by atoms with van der Waals surface area (Å²) in [5, 5.41) is 5.94. The van der Waals surface area contributed by atoms with Crippen LogP contribution < -0.4 is 10.6 Å². The number of carbonyl (C=O) groups is 3. The second-order valence-corrected chi connectivity index (χ2v) is 11.4. The molecule has 33 heavy (non-hydrogen) atoms. The van der Waals surface area contributed by atoms with Gasteiger partial charge in [0.1, 0.15) is 6.04 Å². The lowest BCUT2D eigenvalue weighted by Crippen LogP contribution is -2.57. The van der Waals surface area contributed by atoms with Gasteiger partial charge in [0.2, 0.25) is 17.7 Å². The summed E-state index contributed by atoms with van der Waals surface area (Å²) >= 11 is 0.